The molecule has 1 nitrogen and oxygen atoms in total. The number of carbonyl (C=O) groups is 1. The molecule has 0 aromatic carbocycles. The first-order chi connectivity index (χ1) is 13.4. The second-order valence-electron chi connectivity index (χ2n) is 10.1. The van der Waals surface area contributed by atoms with Crippen LogP contribution in [0.3, 0.4) is 0 Å². The van der Waals surface area contributed by atoms with Gasteiger partial charge < -0.3 is 0 Å². The minimum atomic E-state index is 0.419. The summed E-state index contributed by atoms with van der Waals surface area (Å²) in [5.74, 6) is 3.06. The maximum Gasteiger partial charge on any atom is 0.185 e. The van der Waals surface area contributed by atoms with Gasteiger partial charge in [0.15, 0.2) is 5.78 Å². The Morgan fingerprint density at radius 1 is 0.643 bits per heavy atom. The monoisotopic (exact) mass is 386 g/mol. The van der Waals surface area contributed by atoms with Crippen LogP contribution in [0.5, 0.6) is 0 Å². The van der Waals surface area contributed by atoms with Crippen LogP contribution in [0.2, 0.25) is 0 Å². The Hall–Kier alpha value is -0.850. The summed E-state index contributed by atoms with van der Waals surface area (Å²) in [5, 5.41) is 0. The summed E-state index contributed by atoms with van der Waals surface area (Å²) >= 11 is 0. The Morgan fingerprint density at radius 2 is 1.04 bits per heavy atom. The number of carbonyl (C=O) groups excluding carboxylic acids is 1. The minimum absolute atomic E-state index is 0.419. The van der Waals surface area contributed by atoms with Gasteiger partial charge in [-0.1, -0.05) is 76.4 Å². The Morgan fingerprint density at radius 3 is 1.36 bits per heavy atom. The number of rotatable bonds is 14. The highest BCUT2D eigenvalue weighted by Gasteiger charge is 2.47. The van der Waals surface area contributed by atoms with E-state index in [2.05, 4.69) is 41.5 Å². The molecule has 1 heteroatoms. The van der Waals surface area contributed by atoms with E-state index in [0.717, 1.165) is 11.8 Å². The normalized spacial score (nSPS) is 25.4. The van der Waals surface area contributed by atoms with Crippen molar-refractivity contribution in [1.29, 1.82) is 0 Å². The summed E-state index contributed by atoms with van der Waals surface area (Å²) in [4.78, 5) is 13.6. The predicted octanol–water partition coefficient (Wildman–Crippen LogP) is 8.44. The molecule has 0 saturated heterocycles. The molecule has 2 rings (SSSR count). The molecular weight excluding hydrogens is 340 g/mol. The lowest BCUT2D eigenvalue weighted by Gasteiger charge is -2.15. The summed E-state index contributed by atoms with van der Waals surface area (Å²) in [6, 6.07) is 0. The Kier molecular flexibility index (Phi) is 9.51. The molecule has 0 radical (unpaired) electrons. The molecule has 0 spiro atoms. The number of Topliss-reactive ketones (excluding diaryl/α,β-unsaturated/α-hetero) is 1. The van der Waals surface area contributed by atoms with E-state index in [1.54, 1.807) is 0 Å². The quantitative estimate of drug-likeness (QED) is 0.216. The molecule has 0 heterocycles. The van der Waals surface area contributed by atoms with Gasteiger partial charge in [0.1, 0.15) is 0 Å². The van der Waals surface area contributed by atoms with E-state index in [9.17, 15) is 4.79 Å². The van der Waals surface area contributed by atoms with E-state index in [4.69, 9.17) is 0 Å². The molecule has 0 bridgehead atoms. The lowest BCUT2D eigenvalue weighted by Crippen LogP contribution is -2.14. The summed E-state index contributed by atoms with van der Waals surface area (Å²) in [5.41, 5.74) is 4.91. The van der Waals surface area contributed by atoms with E-state index >= 15 is 0 Å². The predicted molar refractivity (Wildman–Crippen MR) is 122 cm³/mol. The van der Waals surface area contributed by atoms with Gasteiger partial charge in [0.2, 0.25) is 0 Å². The van der Waals surface area contributed by atoms with Gasteiger partial charge in [-0.05, 0) is 77.0 Å². The van der Waals surface area contributed by atoms with Crippen LogP contribution < -0.4 is 0 Å². The molecule has 0 N–H and O–H groups in total. The third-order valence-electron chi connectivity index (χ3n) is 7.01. The fourth-order valence-corrected chi connectivity index (χ4v) is 5.18. The fraction of sp³-hybridized carbons (Fsp3) is 0.815. The second-order valence-corrected chi connectivity index (χ2v) is 10.1. The zero-order valence-electron chi connectivity index (χ0n) is 19.7. The number of hydrogen-bond acceptors (Lipinski definition) is 1. The van der Waals surface area contributed by atoms with Gasteiger partial charge in [-0.2, -0.15) is 0 Å². The summed E-state index contributed by atoms with van der Waals surface area (Å²) < 4.78 is 0. The van der Waals surface area contributed by atoms with Gasteiger partial charge in [-0.15, -0.1) is 0 Å². The maximum absolute atomic E-state index is 13.6. The topological polar surface area (TPSA) is 17.1 Å². The van der Waals surface area contributed by atoms with Crippen LogP contribution in [0.25, 0.3) is 0 Å². The Balaban J connectivity index is 1.94. The van der Waals surface area contributed by atoms with Crippen molar-refractivity contribution in [2.24, 2.45) is 23.7 Å². The van der Waals surface area contributed by atoms with E-state index in [-0.39, 0.29) is 0 Å². The zero-order valence-corrected chi connectivity index (χ0v) is 19.7. The van der Waals surface area contributed by atoms with Crippen molar-refractivity contribution < 1.29 is 4.79 Å². The summed E-state index contributed by atoms with van der Waals surface area (Å²) in [7, 11) is 0. The summed E-state index contributed by atoms with van der Waals surface area (Å²) in [6.07, 6.45) is 15.9. The standard InChI is InChI=1S/C27H46O/c1-7-9-11-13-15-21-17-23(21)25(19(3)4)27(28)26(20(5)6)24-18-22(24)16-14-12-10-8-2/h21-24H,7-18H2,1-6H3. The first-order valence-corrected chi connectivity index (χ1v) is 12.3. The fourth-order valence-electron chi connectivity index (χ4n) is 5.18. The molecule has 2 aliphatic carbocycles. The van der Waals surface area contributed by atoms with Gasteiger partial charge in [-0.25, -0.2) is 0 Å². The molecule has 4 unspecified atom stereocenters. The van der Waals surface area contributed by atoms with Crippen LogP contribution in [-0.4, -0.2) is 5.78 Å². The van der Waals surface area contributed by atoms with E-state index in [1.165, 1.54) is 99.3 Å². The van der Waals surface area contributed by atoms with E-state index < -0.39 is 0 Å². The van der Waals surface area contributed by atoms with Crippen molar-refractivity contribution in [3.05, 3.63) is 22.3 Å². The van der Waals surface area contributed by atoms with Crippen LogP contribution in [0.4, 0.5) is 0 Å². The number of allylic oxidation sites excluding steroid dienone is 4. The number of hydrogen-bond donors (Lipinski definition) is 0. The van der Waals surface area contributed by atoms with Crippen LogP contribution in [0, 0.1) is 23.7 Å². The molecule has 4 atom stereocenters. The van der Waals surface area contributed by atoms with E-state index in [1.807, 2.05) is 0 Å². The van der Waals surface area contributed by atoms with Gasteiger partial charge in [0, 0.05) is 11.1 Å². The van der Waals surface area contributed by atoms with Gasteiger partial charge >= 0.3 is 0 Å². The van der Waals surface area contributed by atoms with Crippen LogP contribution in [0.1, 0.15) is 119 Å². The van der Waals surface area contributed by atoms with E-state index in [0.29, 0.717) is 17.6 Å². The van der Waals surface area contributed by atoms with Gasteiger partial charge in [-0.3, -0.25) is 4.79 Å². The van der Waals surface area contributed by atoms with Crippen LogP contribution >= 0.6 is 0 Å². The average molecular weight is 387 g/mol. The molecule has 28 heavy (non-hydrogen) atoms. The van der Waals surface area contributed by atoms with Crippen molar-refractivity contribution in [3.63, 3.8) is 0 Å². The third-order valence-corrected chi connectivity index (χ3v) is 7.01. The molecular formula is C27H46O. The smallest absolute Gasteiger partial charge is 0.185 e. The molecule has 2 fully saturated rings. The lowest BCUT2D eigenvalue weighted by atomic mass is 9.88. The van der Waals surface area contributed by atoms with Crippen LogP contribution in [0.15, 0.2) is 22.3 Å². The Labute approximate surface area is 175 Å². The first-order valence-electron chi connectivity index (χ1n) is 12.3. The number of ketones is 1. The highest BCUT2D eigenvalue weighted by molar-refractivity contribution is 6.10. The van der Waals surface area contributed by atoms with Crippen molar-refractivity contribution in [2.75, 3.05) is 0 Å². The molecule has 0 aromatic rings. The molecule has 160 valence electrons. The molecule has 0 aromatic heterocycles. The molecule has 2 aliphatic rings. The zero-order chi connectivity index (χ0) is 20.7. The average Bonchev–Trinajstić information content (AvgIpc) is 3.54. The molecule has 2 saturated carbocycles. The number of unbranched alkanes of at least 4 members (excludes halogenated alkanes) is 6. The lowest BCUT2D eigenvalue weighted by molar-refractivity contribution is -0.113. The van der Waals surface area contributed by atoms with Crippen molar-refractivity contribution in [1.82, 2.24) is 0 Å². The van der Waals surface area contributed by atoms with Crippen molar-refractivity contribution in [3.8, 4) is 0 Å². The van der Waals surface area contributed by atoms with Crippen LogP contribution in [-0.2, 0) is 4.79 Å². The molecule has 0 aliphatic heterocycles. The minimum Gasteiger partial charge on any atom is -0.289 e. The van der Waals surface area contributed by atoms with Gasteiger partial charge in [0.25, 0.3) is 0 Å². The summed E-state index contributed by atoms with van der Waals surface area (Å²) in [6.45, 7) is 13.2. The molecule has 0 amide bonds. The highest BCUT2D eigenvalue weighted by Crippen LogP contribution is 2.53. The van der Waals surface area contributed by atoms with Crippen molar-refractivity contribution in [2.45, 2.75) is 119 Å². The largest absolute Gasteiger partial charge is 0.289 e. The second kappa shape index (κ2) is 11.4. The van der Waals surface area contributed by atoms with Crippen molar-refractivity contribution >= 4 is 5.78 Å². The first kappa shape index (κ1) is 23.4. The SMILES string of the molecule is CCCCCCC1CC1C(C(=O)C(=C(C)C)C1CC1CCCCCC)=C(C)C. The third kappa shape index (κ3) is 6.60. The highest BCUT2D eigenvalue weighted by atomic mass is 16.1. The van der Waals surface area contributed by atoms with Gasteiger partial charge in [0.05, 0.1) is 0 Å². The maximum atomic E-state index is 13.6. The Bertz CT molecular complexity index is 521.